The van der Waals surface area contributed by atoms with Crippen LogP contribution in [0, 0.1) is 5.82 Å². The predicted octanol–water partition coefficient (Wildman–Crippen LogP) is 4.39. The first-order valence-electron chi connectivity index (χ1n) is 6.39. The van der Waals surface area contributed by atoms with Crippen LogP contribution in [-0.2, 0) is 6.54 Å². The molecule has 2 N–H and O–H groups in total. The third-order valence-electron chi connectivity index (χ3n) is 3.08. The summed E-state index contributed by atoms with van der Waals surface area (Å²) in [5.74, 6) is 0.387. The van der Waals surface area contributed by atoms with Crippen molar-refractivity contribution in [3.63, 3.8) is 0 Å². The van der Waals surface area contributed by atoms with Gasteiger partial charge in [-0.05, 0) is 40.2 Å². The fourth-order valence-electron chi connectivity index (χ4n) is 2.04. The van der Waals surface area contributed by atoms with E-state index in [0.717, 1.165) is 16.5 Å². The molecular formula is C16H12BrFN2O. The van der Waals surface area contributed by atoms with Crippen molar-refractivity contribution >= 4 is 26.8 Å². The first-order chi connectivity index (χ1) is 10.2. The topological polar surface area (TPSA) is 48.1 Å². The second kappa shape index (κ2) is 5.79. The van der Waals surface area contributed by atoms with Crippen LogP contribution in [0.1, 0.15) is 5.56 Å². The lowest BCUT2D eigenvalue weighted by Crippen LogP contribution is -2.02. The molecular weight excluding hydrogens is 335 g/mol. The molecule has 1 heterocycles. The Labute approximate surface area is 129 Å². The largest absolute Gasteiger partial charge is 0.437 e. The highest BCUT2D eigenvalue weighted by molar-refractivity contribution is 9.10. The van der Waals surface area contributed by atoms with Gasteiger partial charge in [0.1, 0.15) is 11.6 Å². The number of fused-ring (bicyclic) bond motifs is 1. The Morgan fingerprint density at radius 2 is 1.95 bits per heavy atom. The number of nitrogens with two attached hydrogens (primary N) is 1. The van der Waals surface area contributed by atoms with Gasteiger partial charge in [-0.15, -0.1) is 0 Å². The maximum Gasteiger partial charge on any atom is 0.224 e. The number of benzene rings is 2. The van der Waals surface area contributed by atoms with Gasteiger partial charge in [0.2, 0.25) is 5.88 Å². The first-order valence-corrected chi connectivity index (χ1v) is 7.18. The second-order valence-corrected chi connectivity index (χ2v) is 5.38. The average molecular weight is 347 g/mol. The van der Waals surface area contributed by atoms with Crippen LogP contribution in [0.3, 0.4) is 0 Å². The zero-order valence-corrected chi connectivity index (χ0v) is 12.6. The Kier molecular flexibility index (Phi) is 3.86. The van der Waals surface area contributed by atoms with E-state index in [0.29, 0.717) is 22.6 Å². The van der Waals surface area contributed by atoms with Crippen molar-refractivity contribution in [2.24, 2.45) is 5.73 Å². The minimum Gasteiger partial charge on any atom is -0.437 e. The number of aromatic nitrogens is 1. The van der Waals surface area contributed by atoms with Gasteiger partial charge in [0.25, 0.3) is 0 Å². The van der Waals surface area contributed by atoms with Crippen molar-refractivity contribution in [1.29, 1.82) is 0 Å². The van der Waals surface area contributed by atoms with Gasteiger partial charge in [-0.25, -0.2) is 9.37 Å². The lowest BCUT2D eigenvalue weighted by molar-refractivity contribution is 0.451. The zero-order valence-electron chi connectivity index (χ0n) is 11.0. The molecule has 3 rings (SSSR count). The summed E-state index contributed by atoms with van der Waals surface area (Å²) in [6.07, 6.45) is 0. The van der Waals surface area contributed by atoms with Gasteiger partial charge < -0.3 is 10.5 Å². The Morgan fingerprint density at radius 1 is 1.14 bits per heavy atom. The summed E-state index contributed by atoms with van der Waals surface area (Å²) >= 11 is 3.33. The van der Waals surface area contributed by atoms with Crippen LogP contribution >= 0.6 is 15.9 Å². The highest BCUT2D eigenvalue weighted by atomic mass is 79.9. The van der Waals surface area contributed by atoms with Crippen LogP contribution in [0.25, 0.3) is 10.9 Å². The van der Waals surface area contributed by atoms with Crippen LogP contribution in [0.4, 0.5) is 4.39 Å². The summed E-state index contributed by atoms with van der Waals surface area (Å²) in [6.45, 7) is 0.292. The summed E-state index contributed by atoms with van der Waals surface area (Å²) in [4.78, 5) is 4.47. The minimum absolute atomic E-state index is 0.292. The molecule has 0 saturated carbocycles. The summed E-state index contributed by atoms with van der Waals surface area (Å²) in [6, 6.07) is 13.9. The van der Waals surface area contributed by atoms with Crippen molar-refractivity contribution < 1.29 is 9.13 Å². The predicted molar refractivity (Wildman–Crippen MR) is 83.8 cm³/mol. The number of hydrogen-bond acceptors (Lipinski definition) is 3. The van der Waals surface area contributed by atoms with Crippen molar-refractivity contribution in [3.8, 4) is 11.6 Å². The van der Waals surface area contributed by atoms with Gasteiger partial charge in [0.15, 0.2) is 0 Å². The molecule has 0 aliphatic rings. The Morgan fingerprint density at radius 3 is 2.76 bits per heavy atom. The van der Waals surface area contributed by atoms with E-state index in [9.17, 15) is 4.39 Å². The monoisotopic (exact) mass is 346 g/mol. The van der Waals surface area contributed by atoms with Gasteiger partial charge in [0, 0.05) is 23.6 Å². The maximum atomic E-state index is 13.3. The molecule has 0 amide bonds. The number of halogens is 2. The molecule has 0 radical (unpaired) electrons. The molecule has 21 heavy (non-hydrogen) atoms. The highest BCUT2D eigenvalue weighted by Crippen LogP contribution is 2.32. The van der Waals surface area contributed by atoms with E-state index in [-0.39, 0.29) is 5.82 Å². The fraction of sp³-hybridized carbons (Fsp3) is 0.0625. The van der Waals surface area contributed by atoms with Crippen molar-refractivity contribution in [1.82, 2.24) is 4.98 Å². The van der Waals surface area contributed by atoms with Crippen molar-refractivity contribution in [2.75, 3.05) is 0 Å². The molecule has 0 aliphatic heterocycles. The van der Waals surface area contributed by atoms with E-state index in [2.05, 4.69) is 20.9 Å². The summed E-state index contributed by atoms with van der Waals surface area (Å²) in [7, 11) is 0. The normalized spacial score (nSPS) is 10.8. The van der Waals surface area contributed by atoms with Crippen LogP contribution in [0.15, 0.2) is 53.0 Å². The van der Waals surface area contributed by atoms with E-state index >= 15 is 0 Å². The van der Waals surface area contributed by atoms with Crippen molar-refractivity contribution in [2.45, 2.75) is 6.54 Å². The Bertz CT molecular complexity index is 807. The Balaban J connectivity index is 2.08. The third-order valence-corrected chi connectivity index (χ3v) is 3.74. The molecule has 3 aromatic rings. The van der Waals surface area contributed by atoms with Crippen LogP contribution in [-0.4, -0.2) is 4.98 Å². The van der Waals surface area contributed by atoms with Gasteiger partial charge in [0.05, 0.1) is 9.99 Å². The number of pyridine rings is 1. The molecule has 2 aromatic carbocycles. The summed E-state index contributed by atoms with van der Waals surface area (Å²) in [5, 5.41) is 0.989. The number of rotatable bonds is 3. The summed E-state index contributed by atoms with van der Waals surface area (Å²) < 4.78 is 19.7. The van der Waals surface area contributed by atoms with Crippen LogP contribution < -0.4 is 10.5 Å². The quantitative estimate of drug-likeness (QED) is 0.765. The first kappa shape index (κ1) is 14.0. The standard InChI is InChI=1S/C16H12BrFN2O/c17-13-6-5-12(18)8-15(13)21-16-11(9-19)7-10-3-1-2-4-14(10)20-16/h1-8H,9,19H2. The lowest BCUT2D eigenvalue weighted by Gasteiger charge is -2.11. The van der Waals surface area contributed by atoms with E-state index in [1.807, 2.05) is 30.3 Å². The van der Waals surface area contributed by atoms with Gasteiger partial charge in [-0.2, -0.15) is 0 Å². The zero-order chi connectivity index (χ0) is 14.8. The van der Waals surface area contributed by atoms with E-state index in [1.165, 1.54) is 12.1 Å². The molecule has 0 unspecified atom stereocenters. The SMILES string of the molecule is NCc1cc2ccccc2nc1Oc1cc(F)ccc1Br. The molecule has 0 bridgehead atoms. The smallest absolute Gasteiger partial charge is 0.224 e. The highest BCUT2D eigenvalue weighted by Gasteiger charge is 2.11. The van der Waals surface area contributed by atoms with E-state index in [4.69, 9.17) is 10.5 Å². The average Bonchev–Trinajstić information content (AvgIpc) is 2.50. The summed E-state index contributed by atoms with van der Waals surface area (Å²) in [5.41, 5.74) is 7.33. The minimum atomic E-state index is -0.372. The molecule has 0 spiro atoms. The lowest BCUT2D eigenvalue weighted by atomic mass is 10.1. The number of nitrogens with zero attached hydrogens (tertiary/aromatic N) is 1. The van der Waals surface area contributed by atoms with Gasteiger partial charge >= 0.3 is 0 Å². The van der Waals surface area contributed by atoms with Crippen LogP contribution in [0.2, 0.25) is 0 Å². The van der Waals surface area contributed by atoms with E-state index in [1.54, 1.807) is 6.07 Å². The molecule has 0 saturated heterocycles. The number of ether oxygens (including phenoxy) is 1. The fourth-order valence-corrected chi connectivity index (χ4v) is 2.36. The van der Waals surface area contributed by atoms with E-state index < -0.39 is 0 Å². The molecule has 106 valence electrons. The number of para-hydroxylation sites is 1. The molecule has 0 aliphatic carbocycles. The van der Waals surface area contributed by atoms with Gasteiger partial charge in [-0.1, -0.05) is 18.2 Å². The molecule has 0 atom stereocenters. The molecule has 0 fully saturated rings. The Hall–Kier alpha value is -1.98. The van der Waals surface area contributed by atoms with Gasteiger partial charge in [-0.3, -0.25) is 0 Å². The van der Waals surface area contributed by atoms with Crippen molar-refractivity contribution in [3.05, 3.63) is 64.4 Å². The number of hydrogen-bond donors (Lipinski definition) is 1. The second-order valence-electron chi connectivity index (χ2n) is 4.53. The molecule has 5 heteroatoms. The third kappa shape index (κ3) is 2.89. The molecule has 1 aromatic heterocycles. The maximum absolute atomic E-state index is 13.3. The molecule has 3 nitrogen and oxygen atoms in total. The van der Waals surface area contributed by atoms with Crippen LogP contribution in [0.5, 0.6) is 11.6 Å².